The molecule has 7 heteroatoms. The lowest BCUT2D eigenvalue weighted by atomic mass is 10.2. The minimum atomic E-state index is -0.221. The first kappa shape index (κ1) is 20.3. The summed E-state index contributed by atoms with van der Waals surface area (Å²) in [6, 6.07) is 16.8. The third kappa shape index (κ3) is 5.52. The number of hydrogen-bond donors (Lipinski definition) is 1. The van der Waals surface area contributed by atoms with E-state index >= 15 is 0 Å². The zero-order chi connectivity index (χ0) is 20.6. The first-order valence-electron chi connectivity index (χ1n) is 8.97. The number of rotatable bonds is 7. The molecule has 2 amide bonds. The van der Waals surface area contributed by atoms with Crippen LogP contribution < -0.4 is 15.0 Å². The molecule has 0 fully saturated rings. The summed E-state index contributed by atoms with van der Waals surface area (Å²) in [7, 11) is 1.61. The molecule has 0 atom stereocenters. The highest BCUT2D eigenvalue weighted by atomic mass is 32.1. The molecule has 0 radical (unpaired) electrons. The van der Waals surface area contributed by atoms with E-state index in [9.17, 15) is 9.59 Å². The normalized spacial score (nSPS) is 10.7. The summed E-state index contributed by atoms with van der Waals surface area (Å²) >= 11 is 1.35. The largest absolute Gasteiger partial charge is 0.497 e. The maximum Gasteiger partial charge on any atom is 0.244 e. The van der Waals surface area contributed by atoms with Crippen molar-refractivity contribution >= 4 is 40.0 Å². The summed E-state index contributed by atoms with van der Waals surface area (Å²) in [6.07, 6.45) is 3.07. The lowest BCUT2D eigenvalue weighted by molar-refractivity contribution is -0.117. The Hall–Kier alpha value is -3.45. The molecule has 0 aliphatic carbocycles. The highest BCUT2D eigenvalue weighted by Gasteiger charge is 2.17. The minimum absolute atomic E-state index is 0.127. The van der Waals surface area contributed by atoms with Gasteiger partial charge in [-0.05, 0) is 35.9 Å². The highest BCUT2D eigenvalue weighted by molar-refractivity contribution is 7.14. The van der Waals surface area contributed by atoms with Gasteiger partial charge in [0.2, 0.25) is 11.8 Å². The molecule has 0 saturated heterocycles. The second-order valence-corrected chi connectivity index (χ2v) is 6.98. The molecular formula is C22H21N3O3S. The molecule has 148 valence electrons. The van der Waals surface area contributed by atoms with Gasteiger partial charge in [0, 0.05) is 24.9 Å². The fourth-order valence-electron chi connectivity index (χ4n) is 2.61. The fourth-order valence-corrected chi connectivity index (χ4v) is 3.47. The summed E-state index contributed by atoms with van der Waals surface area (Å²) in [5.74, 6) is 0.426. The number of hydrogen-bond acceptors (Lipinski definition) is 5. The third-order valence-electron chi connectivity index (χ3n) is 4.06. The van der Waals surface area contributed by atoms with Crippen molar-refractivity contribution in [2.75, 3.05) is 12.0 Å². The van der Waals surface area contributed by atoms with E-state index in [-0.39, 0.29) is 11.8 Å². The number of anilines is 2. The molecule has 3 rings (SSSR count). The molecular weight excluding hydrogens is 386 g/mol. The Labute approximate surface area is 173 Å². The summed E-state index contributed by atoms with van der Waals surface area (Å²) < 4.78 is 5.12. The average molecular weight is 407 g/mol. The lowest BCUT2D eigenvalue weighted by Gasteiger charge is -2.17. The Kier molecular flexibility index (Phi) is 6.76. The monoisotopic (exact) mass is 407 g/mol. The van der Waals surface area contributed by atoms with Crippen molar-refractivity contribution < 1.29 is 14.3 Å². The molecule has 6 nitrogen and oxygen atoms in total. The molecule has 0 bridgehead atoms. The van der Waals surface area contributed by atoms with Crippen LogP contribution in [0.2, 0.25) is 0 Å². The topological polar surface area (TPSA) is 71.5 Å². The van der Waals surface area contributed by atoms with E-state index in [0.717, 1.165) is 17.0 Å². The number of nitrogens with one attached hydrogen (secondary N) is 1. The maximum atomic E-state index is 12.1. The Bertz CT molecular complexity index is 998. The fraction of sp³-hybridized carbons (Fsp3) is 0.136. The van der Waals surface area contributed by atoms with Gasteiger partial charge < -0.3 is 10.1 Å². The number of aromatic nitrogens is 1. The second-order valence-electron chi connectivity index (χ2n) is 6.14. The lowest BCUT2D eigenvalue weighted by Crippen LogP contribution is -2.22. The van der Waals surface area contributed by atoms with Crippen LogP contribution in [0.15, 0.2) is 66.1 Å². The SMILES string of the molecule is COc1ccc(CNC(=O)C=Cc2csc(N(C(C)=O)c3ccccc3)n2)cc1. The van der Waals surface area contributed by atoms with Crippen molar-refractivity contribution in [2.24, 2.45) is 0 Å². The van der Waals surface area contributed by atoms with Crippen LogP contribution in [0.3, 0.4) is 0 Å². The van der Waals surface area contributed by atoms with Gasteiger partial charge in [0.15, 0.2) is 5.13 Å². The van der Waals surface area contributed by atoms with Gasteiger partial charge in [-0.2, -0.15) is 0 Å². The zero-order valence-corrected chi connectivity index (χ0v) is 17.0. The van der Waals surface area contributed by atoms with Gasteiger partial charge in [-0.15, -0.1) is 11.3 Å². The van der Waals surface area contributed by atoms with Gasteiger partial charge in [-0.3, -0.25) is 14.5 Å². The van der Waals surface area contributed by atoms with Gasteiger partial charge in [-0.25, -0.2) is 4.98 Å². The summed E-state index contributed by atoms with van der Waals surface area (Å²) in [6.45, 7) is 1.91. The van der Waals surface area contributed by atoms with E-state index in [1.807, 2.05) is 60.0 Å². The molecule has 0 aliphatic rings. The second kappa shape index (κ2) is 9.66. The predicted octanol–water partition coefficient (Wildman–Crippen LogP) is 4.17. The van der Waals surface area contributed by atoms with E-state index in [2.05, 4.69) is 10.3 Å². The van der Waals surface area contributed by atoms with E-state index in [1.165, 1.54) is 24.3 Å². The number of para-hydroxylation sites is 1. The van der Waals surface area contributed by atoms with Crippen molar-refractivity contribution in [3.63, 3.8) is 0 Å². The minimum Gasteiger partial charge on any atom is -0.497 e. The number of carbonyl (C=O) groups is 2. The molecule has 0 unspecified atom stereocenters. The smallest absolute Gasteiger partial charge is 0.244 e. The predicted molar refractivity (Wildman–Crippen MR) is 115 cm³/mol. The zero-order valence-electron chi connectivity index (χ0n) is 16.2. The van der Waals surface area contributed by atoms with Crippen LogP contribution in [0.1, 0.15) is 18.2 Å². The number of benzene rings is 2. The molecule has 3 aromatic rings. The van der Waals surface area contributed by atoms with Gasteiger partial charge >= 0.3 is 0 Å². The van der Waals surface area contributed by atoms with Crippen molar-refractivity contribution in [3.8, 4) is 5.75 Å². The molecule has 0 aliphatic heterocycles. The van der Waals surface area contributed by atoms with Gasteiger partial charge in [-0.1, -0.05) is 30.3 Å². The van der Waals surface area contributed by atoms with E-state index in [0.29, 0.717) is 17.4 Å². The number of thiazole rings is 1. The van der Waals surface area contributed by atoms with Crippen LogP contribution in [0.4, 0.5) is 10.8 Å². The third-order valence-corrected chi connectivity index (χ3v) is 4.91. The number of ether oxygens (including phenoxy) is 1. The number of nitrogens with zero attached hydrogens (tertiary/aromatic N) is 2. The molecule has 1 aromatic heterocycles. The van der Waals surface area contributed by atoms with Crippen LogP contribution in [0.5, 0.6) is 5.75 Å². The molecule has 29 heavy (non-hydrogen) atoms. The van der Waals surface area contributed by atoms with Crippen molar-refractivity contribution in [2.45, 2.75) is 13.5 Å². The molecule has 1 N–H and O–H groups in total. The maximum absolute atomic E-state index is 12.1. The van der Waals surface area contributed by atoms with Gasteiger partial charge in [0.1, 0.15) is 5.75 Å². The van der Waals surface area contributed by atoms with E-state index in [1.54, 1.807) is 18.1 Å². The van der Waals surface area contributed by atoms with Crippen LogP contribution in [0, 0.1) is 0 Å². The van der Waals surface area contributed by atoms with Gasteiger partial charge in [0.05, 0.1) is 18.5 Å². The van der Waals surface area contributed by atoms with Gasteiger partial charge in [0.25, 0.3) is 0 Å². The quantitative estimate of drug-likeness (QED) is 0.597. The van der Waals surface area contributed by atoms with Crippen LogP contribution in [-0.4, -0.2) is 23.9 Å². The molecule has 0 spiro atoms. The Morgan fingerprint density at radius 2 is 1.86 bits per heavy atom. The van der Waals surface area contributed by atoms with E-state index in [4.69, 9.17) is 4.74 Å². The Morgan fingerprint density at radius 3 is 2.52 bits per heavy atom. The first-order valence-corrected chi connectivity index (χ1v) is 9.85. The summed E-state index contributed by atoms with van der Waals surface area (Å²) in [4.78, 5) is 30.2. The molecule has 0 saturated carbocycles. The molecule has 1 heterocycles. The highest BCUT2D eigenvalue weighted by Crippen LogP contribution is 2.28. The standard InChI is InChI=1S/C22H21N3O3S/c1-16(26)25(19-6-4-3-5-7-19)22-24-18(15-29-22)10-13-21(27)23-14-17-8-11-20(28-2)12-9-17/h3-13,15H,14H2,1-2H3,(H,23,27). The first-order chi connectivity index (χ1) is 14.1. The summed E-state index contributed by atoms with van der Waals surface area (Å²) in [5, 5.41) is 5.19. The van der Waals surface area contributed by atoms with E-state index < -0.39 is 0 Å². The van der Waals surface area contributed by atoms with Crippen molar-refractivity contribution in [3.05, 3.63) is 77.3 Å². The Balaban J connectivity index is 1.61. The van der Waals surface area contributed by atoms with Crippen molar-refractivity contribution in [1.82, 2.24) is 10.3 Å². The molecule has 2 aromatic carbocycles. The van der Waals surface area contributed by atoms with Crippen LogP contribution in [-0.2, 0) is 16.1 Å². The number of carbonyl (C=O) groups excluding carboxylic acids is 2. The summed E-state index contributed by atoms with van der Waals surface area (Å²) in [5.41, 5.74) is 2.34. The Morgan fingerprint density at radius 1 is 1.14 bits per heavy atom. The van der Waals surface area contributed by atoms with Crippen LogP contribution >= 0.6 is 11.3 Å². The average Bonchev–Trinajstić information content (AvgIpc) is 3.20. The van der Waals surface area contributed by atoms with Crippen molar-refractivity contribution in [1.29, 1.82) is 0 Å². The number of amides is 2. The number of methoxy groups -OCH3 is 1. The van der Waals surface area contributed by atoms with Crippen LogP contribution in [0.25, 0.3) is 6.08 Å².